The highest BCUT2D eigenvalue weighted by Crippen LogP contribution is 2.47. The zero-order valence-corrected chi connectivity index (χ0v) is 13.2. The number of hydrogen-bond donors (Lipinski definition) is 2. The average molecular weight is 339 g/mol. The highest BCUT2D eigenvalue weighted by Gasteiger charge is 2.44. The molecule has 0 aromatic heterocycles. The Kier molecular flexibility index (Phi) is 4.81. The third kappa shape index (κ3) is 3.60. The molecule has 2 rings (SSSR count). The number of carbonyl (C=O) groups excluding carboxylic acids is 2. The molecule has 0 aliphatic heterocycles. The lowest BCUT2D eigenvalue weighted by atomic mass is 10.1. The first kappa shape index (κ1) is 15.0. The maximum atomic E-state index is 11.9. The first-order valence-corrected chi connectivity index (χ1v) is 7.71. The lowest BCUT2D eigenvalue weighted by Gasteiger charge is -2.14. The predicted molar refractivity (Wildman–Crippen MR) is 81.1 cm³/mol. The summed E-state index contributed by atoms with van der Waals surface area (Å²) < 4.78 is 0. The molecular weight excluding hydrogens is 320 g/mol. The van der Waals surface area contributed by atoms with Crippen molar-refractivity contribution in [3.8, 4) is 0 Å². The quantitative estimate of drug-likeness (QED) is 0.654. The van der Waals surface area contributed by atoms with E-state index in [9.17, 15) is 9.59 Å². The number of amides is 2. The van der Waals surface area contributed by atoms with Gasteiger partial charge in [0, 0.05) is 5.92 Å². The maximum absolute atomic E-state index is 11.9. The van der Waals surface area contributed by atoms with Crippen molar-refractivity contribution >= 4 is 27.7 Å². The normalized spacial score (nSPS) is 22.2. The van der Waals surface area contributed by atoms with E-state index < -0.39 is 0 Å². The van der Waals surface area contributed by atoms with Crippen LogP contribution in [-0.2, 0) is 9.59 Å². The van der Waals surface area contributed by atoms with Crippen LogP contribution in [0.4, 0.5) is 0 Å². The molecular formula is C15H19BrN2O2. The van der Waals surface area contributed by atoms with Gasteiger partial charge in [-0.2, -0.15) is 0 Å². The largest absolute Gasteiger partial charge is 0.273 e. The van der Waals surface area contributed by atoms with E-state index in [1.54, 1.807) is 0 Å². The zero-order valence-electron chi connectivity index (χ0n) is 11.6. The molecule has 20 heavy (non-hydrogen) atoms. The van der Waals surface area contributed by atoms with Crippen LogP contribution in [0.5, 0.6) is 0 Å². The maximum Gasteiger partial charge on any atom is 0.252 e. The van der Waals surface area contributed by atoms with Gasteiger partial charge in [-0.1, -0.05) is 60.1 Å². The molecule has 0 spiro atoms. The van der Waals surface area contributed by atoms with Crippen molar-refractivity contribution in [2.45, 2.75) is 31.0 Å². The molecule has 4 nitrogen and oxygen atoms in total. The highest BCUT2D eigenvalue weighted by molar-refractivity contribution is 9.10. The number of alkyl halides is 1. The fourth-order valence-corrected chi connectivity index (χ4v) is 2.26. The van der Waals surface area contributed by atoms with Crippen molar-refractivity contribution in [1.82, 2.24) is 10.9 Å². The molecule has 3 atom stereocenters. The Morgan fingerprint density at radius 1 is 1.20 bits per heavy atom. The monoisotopic (exact) mass is 338 g/mol. The van der Waals surface area contributed by atoms with Crippen molar-refractivity contribution in [2.24, 2.45) is 11.8 Å². The number of nitrogens with one attached hydrogen (secondary N) is 2. The summed E-state index contributed by atoms with van der Waals surface area (Å²) in [6, 6.07) is 9.97. The lowest BCUT2D eigenvalue weighted by Crippen LogP contribution is -2.46. The lowest BCUT2D eigenvalue weighted by molar-refractivity contribution is -0.129. The fraction of sp³-hybridized carbons (Fsp3) is 0.467. The van der Waals surface area contributed by atoms with Crippen molar-refractivity contribution in [3.05, 3.63) is 35.9 Å². The van der Waals surface area contributed by atoms with Gasteiger partial charge in [-0.3, -0.25) is 20.4 Å². The van der Waals surface area contributed by atoms with E-state index in [-0.39, 0.29) is 34.4 Å². The van der Waals surface area contributed by atoms with Crippen LogP contribution in [0.2, 0.25) is 0 Å². The molecule has 0 heterocycles. The van der Waals surface area contributed by atoms with E-state index >= 15 is 0 Å². The van der Waals surface area contributed by atoms with Gasteiger partial charge in [0.25, 0.3) is 5.91 Å². The second-order valence-corrected chi connectivity index (χ2v) is 6.47. The van der Waals surface area contributed by atoms with Gasteiger partial charge in [-0.25, -0.2) is 0 Å². The molecule has 1 saturated carbocycles. The van der Waals surface area contributed by atoms with Gasteiger partial charge in [-0.05, 0) is 23.8 Å². The Hall–Kier alpha value is -1.36. The first-order valence-electron chi connectivity index (χ1n) is 6.79. The van der Waals surface area contributed by atoms with Crippen LogP contribution in [-0.4, -0.2) is 16.6 Å². The minimum absolute atomic E-state index is 0.0366. The topological polar surface area (TPSA) is 58.2 Å². The van der Waals surface area contributed by atoms with Crippen molar-refractivity contribution in [2.75, 3.05) is 0 Å². The Balaban J connectivity index is 1.79. The van der Waals surface area contributed by atoms with E-state index in [1.165, 1.54) is 5.56 Å². The van der Waals surface area contributed by atoms with Crippen LogP contribution in [0.1, 0.15) is 31.7 Å². The standard InChI is InChI=1S/C15H19BrN2O2/c1-9(2)13(16)15(20)18-17-14(19)12-8-11(12)10-6-4-3-5-7-10/h3-7,9,11-13H,8H2,1-2H3,(H,17,19)(H,18,20)/t11-,12-,13+/m1/s1. The number of rotatable bonds is 4. The minimum atomic E-state index is -0.299. The second kappa shape index (κ2) is 6.39. The third-order valence-corrected chi connectivity index (χ3v) is 4.97. The Labute approximate surface area is 127 Å². The van der Waals surface area contributed by atoms with Crippen LogP contribution in [0.25, 0.3) is 0 Å². The molecule has 0 bridgehead atoms. The van der Waals surface area contributed by atoms with Crippen LogP contribution in [0.3, 0.4) is 0 Å². The minimum Gasteiger partial charge on any atom is -0.273 e. The highest BCUT2D eigenvalue weighted by atomic mass is 79.9. The number of benzene rings is 1. The fourth-order valence-electron chi connectivity index (χ4n) is 2.14. The molecule has 2 N–H and O–H groups in total. The van der Waals surface area contributed by atoms with Gasteiger partial charge < -0.3 is 0 Å². The molecule has 2 amide bonds. The Bertz CT molecular complexity index is 490. The van der Waals surface area contributed by atoms with Crippen LogP contribution < -0.4 is 10.9 Å². The van der Waals surface area contributed by atoms with Crippen molar-refractivity contribution in [3.63, 3.8) is 0 Å². The third-order valence-electron chi connectivity index (χ3n) is 3.50. The van der Waals surface area contributed by atoms with E-state index in [0.717, 1.165) is 6.42 Å². The second-order valence-electron chi connectivity index (χ2n) is 5.48. The van der Waals surface area contributed by atoms with E-state index in [0.29, 0.717) is 0 Å². The van der Waals surface area contributed by atoms with Crippen LogP contribution in [0.15, 0.2) is 30.3 Å². The number of hydrogen-bond acceptors (Lipinski definition) is 2. The predicted octanol–water partition coefficient (Wildman–Crippen LogP) is 2.36. The SMILES string of the molecule is CC(C)[C@H](Br)C(=O)NNC(=O)[C@@H]1C[C@@H]1c1ccccc1. The number of carbonyl (C=O) groups is 2. The van der Waals surface area contributed by atoms with Crippen molar-refractivity contribution < 1.29 is 9.59 Å². The molecule has 1 aliphatic carbocycles. The van der Waals surface area contributed by atoms with E-state index in [1.807, 2.05) is 44.2 Å². The van der Waals surface area contributed by atoms with Gasteiger partial charge in [0.2, 0.25) is 5.91 Å². The molecule has 0 radical (unpaired) electrons. The van der Waals surface area contributed by atoms with Gasteiger partial charge in [0.05, 0.1) is 4.83 Å². The van der Waals surface area contributed by atoms with Gasteiger partial charge in [0.15, 0.2) is 0 Å². The smallest absolute Gasteiger partial charge is 0.252 e. The van der Waals surface area contributed by atoms with E-state index in [2.05, 4.69) is 26.8 Å². The van der Waals surface area contributed by atoms with Crippen LogP contribution >= 0.6 is 15.9 Å². The molecule has 1 aromatic carbocycles. The summed E-state index contributed by atoms with van der Waals surface area (Å²) in [6.45, 7) is 3.88. The molecule has 1 aliphatic rings. The van der Waals surface area contributed by atoms with E-state index in [4.69, 9.17) is 0 Å². The summed E-state index contributed by atoms with van der Waals surface area (Å²) in [5, 5.41) is 0. The molecule has 1 fully saturated rings. The summed E-state index contributed by atoms with van der Waals surface area (Å²) in [6.07, 6.45) is 0.841. The molecule has 5 heteroatoms. The van der Waals surface area contributed by atoms with Gasteiger partial charge in [0.1, 0.15) is 0 Å². The molecule has 0 saturated heterocycles. The summed E-state index contributed by atoms with van der Waals surface area (Å²) >= 11 is 3.30. The average Bonchev–Trinajstić information content (AvgIpc) is 3.24. The first-order chi connectivity index (χ1) is 9.50. The Morgan fingerprint density at radius 2 is 1.85 bits per heavy atom. The molecule has 0 unspecified atom stereocenters. The van der Waals surface area contributed by atoms with Crippen molar-refractivity contribution in [1.29, 1.82) is 0 Å². The molecule has 108 valence electrons. The summed E-state index contributed by atoms with van der Waals surface area (Å²) in [5.74, 6) is 0.0781. The number of halogens is 1. The Morgan fingerprint density at radius 3 is 2.45 bits per heavy atom. The summed E-state index contributed by atoms with van der Waals surface area (Å²) in [7, 11) is 0. The molecule has 1 aromatic rings. The zero-order chi connectivity index (χ0) is 14.7. The summed E-state index contributed by atoms with van der Waals surface area (Å²) in [5.41, 5.74) is 6.16. The summed E-state index contributed by atoms with van der Waals surface area (Å²) in [4.78, 5) is 23.4. The van der Waals surface area contributed by atoms with Gasteiger partial charge >= 0.3 is 0 Å². The van der Waals surface area contributed by atoms with Crippen LogP contribution in [0, 0.1) is 11.8 Å². The number of hydrazine groups is 1. The van der Waals surface area contributed by atoms with Gasteiger partial charge in [-0.15, -0.1) is 0 Å².